The second-order valence-corrected chi connectivity index (χ2v) is 10.7. The van der Waals surface area contributed by atoms with E-state index < -0.39 is 5.41 Å². The number of methoxy groups -OCH3 is 2. The van der Waals surface area contributed by atoms with Crippen LogP contribution in [0.4, 0.5) is 11.4 Å². The number of benzene rings is 5. The average Bonchev–Trinajstić information content (AvgIpc) is 3.11. The third kappa shape index (κ3) is 7.84. The van der Waals surface area contributed by atoms with Gasteiger partial charge in [0.15, 0.2) is 0 Å². The average molecular weight is 617 g/mol. The molecule has 8 nitrogen and oxygen atoms in total. The Kier molecular flexibility index (Phi) is 10.2. The minimum atomic E-state index is -0.446. The van der Waals surface area contributed by atoms with Crippen molar-refractivity contribution in [3.63, 3.8) is 0 Å². The lowest BCUT2D eigenvalue weighted by Gasteiger charge is -2.32. The molecule has 5 aromatic carbocycles. The first-order valence-electron chi connectivity index (χ1n) is 14.8. The first-order valence-corrected chi connectivity index (χ1v) is 14.8. The van der Waals surface area contributed by atoms with Crippen molar-refractivity contribution in [1.82, 2.24) is 0 Å². The molecule has 0 atom stereocenters. The van der Waals surface area contributed by atoms with Crippen LogP contribution in [0.1, 0.15) is 23.6 Å². The van der Waals surface area contributed by atoms with Gasteiger partial charge in [-0.2, -0.15) is 0 Å². The van der Waals surface area contributed by atoms with Crippen molar-refractivity contribution in [2.75, 3.05) is 37.9 Å². The highest BCUT2D eigenvalue weighted by Crippen LogP contribution is 2.40. The molecule has 0 heterocycles. The Labute approximate surface area is 268 Å². The number of nitrogens with one attached hydrogen (secondary N) is 2. The fourth-order valence-corrected chi connectivity index (χ4v) is 5.03. The highest BCUT2D eigenvalue weighted by molar-refractivity contribution is 5.75. The molecule has 0 aliphatic heterocycles. The number of rotatable bonds is 13. The second-order valence-electron chi connectivity index (χ2n) is 10.7. The molecule has 0 spiro atoms. The summed E-state index contributed by atoms with van der Waals surface area (Å²) < 4.78 is 21.5. The van der Waals surface area contributed by atoms with Crippen LogP contribution >= 0.6 is 0 Å². The van der Waals surface area contributed by atoms with Gasteiger partial charge in [0.1, 0.15) is 36.1 Å². The van der Waals surface area contributed by atoms with Gasteiger partial charge in [-0.05, 0) is 96.4 Å². The lowest BCUT2D eigenvalue weighted by atomic mass is 9.71. The maximum Gasteiger partial charge on any atom is 0.325 e. The summed E-state index contributed by atoms with van der Waals surface area (Å²) in [7, 11) is 2.72. The molecule has 0 radical (unpaired) electrons. The number of carbonyl (C=O) groups is 2. The van der Waals surface area contributed by atoms with E-state index in [1.165, 1.54) is 14.2 Å². The minimum Gasteiger partial charge on any atom is -0.468 e. The van der Waals surface area contributed by atoms with E-state index in [1.54, 1.807) is 0 Å². The molecule has 0 saturated carbocycles. The van der Waals surface area contributed by atoms with Crippen molar-refractivity contribution < 1.29 is 28.5 Å². The summed E-state index contributed by atoms with van der Waals surface area (Å²) in [5.41, 5.74) is 4.52. The molecular formula is C38H36N2O6. The number of anilines is 2. The zero-order chi connectivity index (χ0) is 32.4. The molecule has 46 heavy (non-hydrogen) atoms. The van der Waals surface area contributed by atoms with Crippen molar-refractivity contribution in [2.24, 2.45) is 0 Å². The van der Waals surface area contributed by atoms with Crippen LogP contribution in [0.15, 0.2) is 127 Å². The van der Waals surface area contributed by atoms with Crippen LogP contribution in [-0.4, -0.2) is 39.2 Å². The lowest BCUT2D eigenvalue weighted by molar-refractivity contribution is -0.139. The van der Waals surface area contributed by atoms with E-state index in [2.05, 4.69) is 75.6 Å². The summed E-state index contributed by atoms with van der Waals surface area (Å²) in [5, 5.41) is 6.03. The van der Waals surface area contributed by atoms with Crippen LogP contribution in [0.25, 0.3) is 0 Å². The van der Waals surface area contributed by atoms with Gasteiger partial charge in [-0.1, -0.05) is 54.6 Å². The van der Waals surface area contributed by atoms with E-state index in [-0.39, 0.29) is 25.0 Å². The standard InChI is InChI=1S/C38H36N2O6/c1-38(27-7-5-4-6-8-27,28-9-17-32(18-10-28)45-34-21-13-30(14-22-34)39-25-36(41)43-2)29-11-19-33(20-12-29)46-35-23-15-31(16-24-35)40-26-37(42)44-3/h4-24,39-40H,25-26H2,1-3H3. The van der Waals surface area contributed by atoms with Crippen LogP contribution in [-0.2, 0) is 24.5 Å². The van der Waals surface area contributed by atoms with Gasteiger partial charge >= 0.3 is 11.9 Å². The summed E-state index contributed by atoms with van der Waals surface area (Å²) in [5.74, 6) is 2.13. The normalized spacial score (nSPS) is 10.8. The molecule has 0 amide bonds. The minimum absolute atomic E-state index is 0.0979. The Morgan fingerprint density at radius 1 is 0.500 bits per heavy atom. The van der Waals surface area contributed by atoms with Gasteiger partial charge in [0, 0.05) is 16.8 Å². The molecule has 234 valence electrons. The van der Waals surface area contributed by atoms with E-state index in [0.29, 0.717) is 23.0 Å². The van der Waals surface area contributed by atoms with Crippen molar-refractivity contribution in [3.8, 4) is 23.0 Å². The van der Waals surface area contributed by atoms with E-state index in [1.807, 2.05) is 78.9 Å². The largest absolute Gasteiger partial charge is 0.468 e. The molecule has 8 heteroatoms. The molecule has 5 aromatic rings. The van der Waals surface area contributed by atoms with Gasteiger partial charge in [-0.25, -0.2) is 0 Å². The molecule has 0 bridgehead atoms. The molecule has 2 N–H and O–H groups in total. The molecule has 0 aliphatic carbocycles. The third-order valence-electron chi connectivity index (χ3n) is 7.72. The monoisotopic (exact) mass is 616 g/mol. The Balaban J connectivity index is 1.30. The fourth-order valence-electron chi connectivity index (χ4n) is 5.03. The van der Waals surface area contributed by atoms with E-state index in [9.17, 15) is 9.59 Å². The van der Waals surface area contributed by atoms with Crippen LogP contribution in [0, 0.1) is 0 Å². The van der Waals surface area contributed by atoms with Crippen LogP contribution in [0.5, 0.6) is 23.0 Å². The van der Waals surface area contributed by atoms with Gasteiger partial charge in [0.05, 0.1) is 14.2 Å². The maximum atomic E-state index is 11.4. The molecule has 0 aliphatic rings. The van der Waals surface area contributed by atoms with Gasteiger partial charge in [-0.15, -0.1) is 0 Å². The van der Waals surface area contributed by atoms with Crippen molar-refractivity contribution >= 4 is 23.3 Å². The van der Waals surface area contributed by atoms with Crippen molar-refractivity contribution in [1.29, 1.82) is 0 Å². The number of carbonyl (C=O) groups excluding carboxylic acids is 2. The summed E-state index contributed by atoms with van der Waals surface area (Å²) >= 11 is 0. The van der Waals surface area contributed by atoms with Gasteiger partial charge < -0.3 is 29.6 Å². The molecule has 0 fully saturated rings. The molecule has 0 aromatic heterocycles. The van der Waals surface area contributed by atoms with Gasteiger partial charge in [0.25, 0.3) is 0 Å². The molecule has 0 saturated heterocycles. The zero-order valence-corrected chi connectivity index (χ0v) is 26.0. The molecule has 0 unspecified atom stereocenters. The Morgan fingerprint density at radius 2 is 0.826 bits per heavy atom. The van der Waals surface area contributed by atoms with Crippen molar-refractivity contribution in [3.05, 3.63) is 144 Å². The highest BCUT2D eigenvalue weighted by Gasteiger charge is 2.31. The summed E-state index contributed by atoms with van der Waals surface area (Å²) in [6, 6.07) is 41.5. The van der Waals surface area contributed by atoms with E-state index >= 15 is 0 Å². The van der Waals surface area contributed by atoms with Crippen LogP contribution in [0.2, 0.25) is 0 Å². The molecular weight excluding hydrogens is 580 g/mol. The smallest absolute Gasteiger partial charge is 0.325 e. The highest BCUT2D eigenvalue weighted by atomic mass is 16.5. The van der Waals surface area contributed by atoms with Crippen LogP contribution in [0.3, 0.4) is 0 Å². The van der Waals surface area contributed by atoms with Crippen molar-refractivity contribution in [2.45, 2.75) is 12.3 Å². The first-order chi connectivity index (χ1) is 22.4. The zero-order valence-electron chi connectivity index (χ0n) is 26.0. The van der Waals surface area contributed by atoms with Gasteiger partial charge in [0.2, 0.25) is 0 Å². The number of hydrogen-bond acceptors (Lipinski definition) is 8. The predicted octanol–water partition coefficient (Wildman–Crippen LogP) is 7.80. The summed E-state index contributed by atoms with van der Waals surface area (Å²) in [4.78, 5) is 22.8. The third-order valence-corrected chi connectivity index (χ3v) is 7.72. The van der Waals surface area contributed by atoms with E-state index in [0.717, 1.165) is 28.1 Å². The topological polar surface area (TPSA) is 95.1 Å². The Morgan fingerprint density at radius 3 is 1.17 bits per heavy atom. The number of esters is 2. The lowest BCUT2D eigenvalue weighted by Crippen LogP contribution is -2.25. The second kappa shape index (κ2) is 14.8. The number of ether oxygens (including phenoxy) is 4. The van der Waals surface area contributed by atoms with Gasteiger partial charge in [-0.3, -0.25) is 9.59 Å². The SMILES string of the molecule is COC(=O)CNc1ccc(Oc2ccc(C(C)(c3ccccc3)c3ccc(Oc4ccc(NCC(=O)OC)cc4)cc3)cc2)cc1. The summed E-state index contributed by atoms with van der Waals surface area (Å²) in [6.45, 7) is 2.41. The maximum absolute atomic E-state index is 11.4. The first kappa shape index (κ1) is 31.7. The number of hydrogen-bond donors (Lipinski definition) is 2. The Bertz CT molecular complexity index is 1610. The predicted molar refractivity (Wildman–Crippen MR) is 179 cm³/mol. The van der Waals surface area contributed by atoms with Crippen LogP contribution < -0.4 is 20.1 Å². The molecule has 5 rings (SSSR count). The quantitative estimate of drug-likeness (QED) is 0.102. The summed E-state index contributed by atoms with van der Waals surface area (Å²) in [6.07, 6.45) is 0. The fraction of sp³-hybridized carbons (Fsp3) is 0.158. The Hall–Kier alpha value is -5.76. The van der Waals surface area contributed by atoms with E-state index in [4.69, 9.17) is 9.47 Å².